The topological polar surface area (TPSA) is 76.1 Å². The molecular formula is C18H14ClFN4O2. The number of amides is 1. The molecule has 0 unspecified atom stereocenters. The van der Waals surface area contributed by atoms with E-state index in [-0.39, 0.29) is 11.4 Å². The van der Waals surface area contributed by atoms with Gasteiger partial charge in [0.1, 0.15) is 11.6 Å². The molecule has 6 nitrogen and oxygen atoms in total. The number of ether oxygens (including phenoxy) is 1. The lowest BCUT2D eigenvalue weighted by atomic mass is 10.3. The minimum Gasteiger partial charge on any atom is -0.495 e. The Hall–Kier alpha value is -3.19. The van der Waals surface area contributed by atoms with Gasteiger partial charge in [-0.15, -0.1) is 10.2 Å². The van der Waals surface area contributed by atoms with Crippen LogP contribution in [-0.4, -0.2) is 23.2 Å². The molecule has 2 aromatic carbocycles. The number of nitrogens with one attached hydrogen (secondary N) is 2. The number of methoxy groups -OCH3 is 1. The Bertz CT molecular complexity index is 935. The van der Waals surface area contributed by atoms with Gasteiger partial charge in [0.25, 0.3) is 5.91 Å². The zero-order valence-corrected chi connectivity index (χ0v) is 14.4. The van der Waals surface area contributed by atoms with Gasteiger partial charge in [0.2, 0.25) is 0 Å². The van der Waals surface area contributed by atoms with Crippen LogP contribution in [-0.2, 0) is 0 Å². The Morgan fingerprint density at radius 3 is 2.58 bits per heavy atom. The molecule has 0 radical (unpaired) electrons. The number of hydrogen-bond donors (Lipinski definition) is 2. The number of halogens is 2. The van der Waals surface area contributed by atoms with Crippen molar-refractivity contribution in [2.45, 2.75) is 0 Å². The highest BCUT2D eigenvalue weighted by Crippen LogP contribution is 2.28. The lowest BCUT2D eigenvalue weighted by Gasteiger charge is -2.09. The zero-order valence-electron chi connectivity index (χ0n) is 13.7. The van der Waals surface area contributed by atoms with Crippen molar-refractivity contribution in [3.8, 4) is 5.75 Å². The molecule has 1 aromatic heterocycles. The average molecular weight is 373 g/mol. The first kappa shape index (κ1) is 17.6. The number of hydrogen-bond acceptors (Lipinski definition) is 5. The van der Waals surface area contributed by atoms with E-state index in [0.717, 1.165) is 0 Å². The third kappa shape index (κ3) is 4.07. The molecule has 0 aliphatic rings. The molecular weight excluding hydrogens is 359 g/mol. The van der Waals surface area contributed by atoms with Crippen LogP contribution < -0.4 is 15.4 Å². The van der Waals surface area contributed by atoms with E-state index in [1.807, 2.05) is 0 Å². The van der Waals surface area contributed by atoms with Crippen LogP contribution in [0.5, 0.6) is 5.75 Å². The van der Waals surface area contributed by atoms with Crippen LogP contribution in [0.3, 0.4) is 0 Å². The van der Waals surface area contributed by atoms with Crippen molar-refractivity contribution in [1.82, 2.24) is 10.2 Å². The van der Waals surface area contributed by atoms with Gasteiger partial charge < -0.3 is 15.4 Å². The van der Waals surface area contributed by atoms with Gasteiger partial charge in [-0.05, 0) is 42.5 Å². The number of benzene rings is 2. The molecule has 0 bridgehead atoms. The van der Waals surface area contributed by atoms with Crippen molar-refractivity contribution in [2.75, 3.05) is 17.7 Å². The lowest BCUT2D eigenvalue weighted by molar-refractivity contribution is 0.102. The van der Waals surface area contributed by atoms with Gasteiger partial charge in [0, 0.05) is 5.69 Å². The summed E-state index contributed by atoms with van der Waals surface area (Å²) in [6, 6.07) is 14.1. The number of rotatable bonds is 5. The van der Waals surface area contributed by atoms with Gasteiger partial charge >= 0.3 is 0 Å². The number of anilines is 3. The average Bonchev–Trinajstić information content (AvgIpc) is 2.64. The zero-order chi connectivity index (χ0) is 18.5. The minimum absolute atomic E-state index is 0.0616. The van der Waals surface area contributed by atoms with E-state index in [4.69, 9.17) is 16.3 Å². The Kier molecular flexibility index (Phi) is 5.28. The monoisotopic (exact) mass is 372 g/mol. The summed E-state index contributed by atoms with van der Waals surface area (Å²) < 4.78 is 18.7. The van der Waals surface area contributed by atoms with Crippen molar-refractivity contribution in [3.63, 3.8) is 0 Å². The maximum absolute atomic E-state index is 13.6. The highest BCUT2D eigenvalue weighted by molar-refractivity contribution is 6.32. The first-order valence-corrected chi connectivity index (χ1v) is 7.95. The molecule has 2 N–H and O–H groups in total. The first-order valence-electron chi connectivity index (χ1n) is 7.57. The molecule has 3 rings (SSSR count). The molecule has 1 heterocycles. The van der Waals surface area contributed by atoms with Gasteiger partial charge in [0.15, 0.2) is 11.5 Å². The molecule has 8 heteroatoms. The third-order valence-electron chi connectivity index (χ3n) is 3.44. The van der Waals surface area contributed by atoms with Crippen molar-refractivity contribution in [1.29, 1.82) is 0 Å². The summed E-state index contributed by atoms with van der Waals surface area (Å²) in [7, 11) is 1.53. The fraction of sp³-hybridized carbons (Fsp3) is 0.0556. The Morgan fingerprint density at radius 1 is 1.12 bits per heavy atom. The summed E-state index contributed by atoms with van der Waals surface area (Å²) >= 11 is 6.07. The van der Waals surface area contributed by atoms with Gasteiger partial charge in [-0.1, -0.05) is 23.7 Å². The minimum atomic E-state index is -0.554. The lowest BCUT2D eigenvalue weighted by Crippen LogP contribution is -2.15. The highest BCUT2D eigenvalue weighted by atomic mass is 35.5. The Morgan fingerprint density at radius 2 is 1.92 bits per heavy atom. The van der Waals surface area contributed by atoms with Crippen LogP contribution in [0.2, 0.25) is 5.02 Å². The van der Waals surface area contributed by atoms with Crippen LogP contribution in [0.25, 0.3) is 0 Å². The fourth-order valence-electron chi connectivity index (χ4n) is 2.16. The molecule has 0 saturated carbocycles. The predicted molar refractivity (Wildman–Crippen MR) is 97.7 cm³/mol. The second-order valence-electron chi connectivity index (χ2n) is 5.21. The van der Waals surface area contributed by atoms with Crippen LogP contribution in [0.4, 0.5) is 21.6 Å². The van der Waals surface area contributed by atoms with Crippen molar-refractivity contribution < 1.29 is 13.9 Å². The molecule has 3 aromatic rings. The Labute approximate surface area is 154 Å². The van der Waals surface area contributed by atoms with E-state index in [1.54, 1.807) is 30.3 Å². The van der Waals surface area contributed by atoms with E-state index in [1.165, 1.54) is 31.4 Å². The summed E-state index contributed by atoms with van der Waals surface area (Å²) in [5, 5.41) is 13.7. The fourth-order valence-corrected chi connectivity index (χ4v) is 2.42. The molecule has 1 amide bonds. The van der Waals surface area contributed by atoms with E-state index < -0.39 is 11.7 Å². The van der Waals surface area contributed by atoms with Gasteiger partial charge in [-0.2, -0.15) is 0 Å². The number of nitrogens with zero attached hydrogens (tertiary/aromatic N) is 2. The quantitative estimate of drug-likeness (QED) is 0.699. The summed E-state index contributed by atoms with van der Waals surface area (Å²) in [6.45, 7) is 0. The van der Waals surface area contributed by atoms with Crippen LogP contribution in [0, 0.1) is 5.82 Å². The molecule has 0 spiro atoms. The van der Waals surface area contributed by atoms with Crippen LogP contribution in [0.1, 0.15) is 10.5 Å². The van der Waals surface area contributed by atoms with Gasteiger partial charge in [-0.3, -0.25) is 4.79 Å². The first-order chi connectivity index (χ1) is 12.6. The number of para-hydroxylation sites is 1. The summed E-state index contributed by atoms with van der Waals surface area (Å²) in [5.74, 6) is -0.0951. The molecule has 26 heavy (non-hydrogen) atoms. The highest BCUT2D eigenvalue weighted by Gasteiger charge is 2.11. The van der Waals surface area contributed by atoms with Crippen molar-refractivity contribution in [3.05, 3.63) is 71.1 Å². The molecule has 0 aliphatic heterocycles. The van der Waals surface area contributed by atoms with Crippen molar-refractivity contribution >= 4 is 34.7 Å². The van der Waals surface area contributed by atoms with E-state index in [2.05, 4.69) is 20.8 Å². The normalized spacial score (nSPS) is 10.3. The number of carbonyl (C=O) groups excluding carboxylic acids is 1. The van der Waals surface area contributed by atoms with E-state index in [0.29, 0.717) is 22.3 Å². The maximum Gasteiger partial charge on any atom is 0.276 e. The SMILES string of the molecule is COc1ccc(Nc2ccc(C(=O)Nc3ccccc3F)nn2)cc1Cl. The molecule has 0 aliphatic carbocycles. The largest absolute Gasteiger partial charge is 0.495 e. The standard InChI is InChI=1S/C18H14ClFN4O2/c1-26-16-8-6-11(10-12(16)19)21-17-9-7-15(23-24-17)18(25)22-14-5-3-2-4-13(14)20/h2-10H,1H3,(H,21,24)(H,22,25). The van der Waals surface area contributed by atoms with E-state index >= 15 is 0 Å². The smallest absolute Gasteiger partial charge is 0.276 e. The molecule has 0 atom stereocenters. The molecule has 0 saturated heterocycles. The summed E-state index contributed by atoms with van der Waals surface area (Å²) in [5.41, 5.74) is 0.828. The number of aromatic nitrogens is 2. The molecule has 0 fully saturated rings. The van der Waals surface area contributed by atoms with Gasteiger partial charge in [0.05, 0.1) is 17.8 Å². The second kappa shape index (κ2) is 7.79. The van der Waals surface area contributed by atoms with Crippen LogP contribution in [0.15, 0.2) is 54.6 Å². The third-order valence-corrected chi connectivity index (χ3v) is 3.74. The van der Waals surface area contributed by atoms with Crippen molar-refractivity contribution in [2.24, 2.45) is 0 Å². The second-order valence-corrected chi connectivity index (χ2v) is 5.62. The summed E-state index contributed by atoms with van der Waals surface area (Å²) in [6.07, 6.45) is 0. The van der Waals surface area contributed by atoms with Crippen LogP contribution >= 0.6 is 11.6 Å². The predicted octanol–water partition coefficient (Wildman–Crippen LogP) is 4.27. The van der Waals surface area contributed by atoms with E-state index in [9.17, 15) is 9.18 Å². The molecule has 132 valence electrons. The maximum atomic E-state index is 13.6. The Balaban J connectivity index is 1.69. The summed E-state index contributed by atoms with van der Waals surface area (Å²) in [4.78, 5) is 12.1. The number of carbonyl (C=O) groups is 1. The van der Waals surface area contributed by atoms with Gasteiger partial charge in [-0.25, -0.2) is 4.39 Å².